The normalized spacial score (nSPS) is 17.0. The summed E-state index contributed by atoms with van der Waals surface area (Å²) < 4.78 is 6.85. The zero-order valence-electron chi connectivity index (χ0n) is 14.4. The van der Waals surface area contributed by atoms with Crippen molar-refractivity contribution < 1.29 is 14.3 Å². The van der Waals surface area contributed by atoms with Gasteiger partial charge in [-0.05, 0) is 23.8 Å². The monoisotopic (exact) mass is 342 g/mol. The number of nitrogens with one attached hydrogen (secondary N) is 1. The molecule has 1 fully saturated rings. The molecule has 0 saturated carbocycles. The van der Waals surface area contributed by atoms with E-state index in [4.69, 9.17) is 4.74 Å². The summed E-state index contributed by atoms with van der Waals surface area (Å²) in [5.41, 5.74) is 1.94. The number of hydrogen-bond donors (Lipinski definition) is 1. The number of benzene rings is 1. The Kier molecular flexibility index (Phi) is 5.02. The van der Waals surface area contributed by atoms with E-state index in [1.165, 1.54) is 0 Å². The Bertz CT molecular complexity index is 754. The second-order valence-electron chi connectivity index (χ2n) is 6.19. The molecule has 0 radical (unpaired) electrons. The number of rotatable bonds is 6. The third kappa shape index (κ3) is 3.99. The Hall–Kier alpha value is -2.83. The molecule has 1 aliphatic heterocycles. The Morgan fingerprint density at radius 1 is 1.32 bits per heavy atom. The maximum absolute atomic E-state index is 12.3. The molecule has 2 heterocycles. The minimum Gasteiger partial charge on any atom is -0.497 e. The van der Waals surface area contributed by atoms with Crippen LogP contribution in [0.1, 0.15) is 17.7 Å². The first kappa shape index (κ1) is 17.0. The maximum atomic E-state index is 12.3. The average molecular weight is 342 g/mol. The minimum atomic E-state index is -0.307. The van der Waals surface area contributed by atoms with Gasteiger partial charge in [-0.1, -0.05) is 12.1 Å². The first-order valence-corrected chi connectivity index (χ1v) is 8.22. The van der Waals surface area contributed by atoms with Gasteiger partial charge in [-0.3, -0.25) is 14.3 Å². The number of aryl methyl sites for hydroxylation is 1. The molecule has 7 nitrogen and oxygen atoms in total. The van der Waals surface area contributed by atoms with Gasteiger partial charge in [0.1, 0.15) is 5.75 Å². The topological polar surface area (TPSA) is 76.5 Å². The number of nitrogens with zero attached hydrogens (tertiary/aromatic N) is 3. The van der Waals surface area contributed by atoms with Gasteiger partial charge in [-0.2, -0.15) is 5.10 Å². The van der Waals surface area contributed by atoms with E-state index in [1.54, 1.807) is 22.9 Å². The highest BCUT2D eigenvalue weighted by atomic mass is 16.5. The molecule has 0 spiro atoms. The van der Waals surface area contributed by atoms with Gasteiger partial charge in [0, 0.05) is 32.8 Å². The van der Waals surface area contributed by atoms with Gasteiger partial charge in [-0.25, -0.2) is 0 Å². The lowest BCUT2D eigenvalue weighted by molar-refractivity contribution is -0.129. The van der Waals surface area contributed by atoms with E-state index in [0.717, 1.165) is 17.0 Å². The lowest BCUT2D eigenvalue weighted by atomic mass is 10.1. The number of hydrogen-bond acceptors (Lipinski definition) is 4. The van der Waals surface area contributed by atoms with Crippen molar-refractivity contribution in [3.05, 3.63) is 47.8 Å². The molecule has 7 heteroatoms. The summed E-state index contributed by atoms with van der Waals surface area (Å²) >= 11 is 0. The van der Waals surface area contributed by atoms with Crippen molar-refractivity contribution in [3.8, 4) is 5.75 Å². The number of carbonyl (C=O) groups is 2. The van der Waals surface area contributed by atoms with Crippen LogP contribution in [0.4, 0.5) is 0 Å². The largest absolute Gasteiger partial charge is 0.497 e. The van der Waals surface area contributed by atoms with E-state index in [9.17, 15) is 9.59 Å². The summed E-state index contributed by atoms with van der Waals surface area (Å²) in [6.07, 6.45) is 1.95. The predicted molar refractivity (Wildman–Crippen MR) is 91.6 cm³/mol. The zero-order valence-corrected chi connectivity index (χ0v) is 14.4. The molecule has 25 heavy (non-hydrogen) atoms. The van der Waals surface area contributed by atoms with Gasteiger partial charge in [0.05, 0.1) is 25.3 Å². The number of amides is 2. The van der Waals surface area contributed by atoms with Crippen molar-refractivity contribution in [3.63, 3.8) is 0 Å². The van der Waals surface area contributed by atoms with Crippen LogP contribution in [-0.2, 0) is 29.7 Å². The van der Waals surface area contributed by atoms with Crippen molar-refractivity contribution >= 4 is 11.8 Å². The Labute approximate surface area is 146 Å². The molecule has 0 aliphatic carbocycles. The second-order valence-corrected chi connectivity index (χ2v) is 6.19. The number of likely N-dealkylation sites (tertiary alicyclic amines) is 1. The molecule has 0 unspecified atom stereocenters. The van der Waals surface area contributed by atoms with Crippen LogP contribution in [0, 0.1) is 5.92 Å². The molecule has 1 saturated heterocycles. The van der Waals surface area contributed by atoms with Gasteiger partial charge in [0.25, 0.3) is 0 Å². The smallest absolute Gasteiger partial charge is 0.225 e. The summed E-state index contributed by atoms with van der Waals surface area (Å²) in [6, 6.07) is 9.46. The SMILES string of the molecule is COc1ccc(CN2C[C@@H](C(=O)NCc3ccnn3C)CC2=O)cc1. The molecule has 2 amide bonds. The van der Waals surface area contributed by atoms with E-state index >= 15 is 0 Å². The van der Waals surface area contributed by atoms with Crippen molar-refractivity contribution in [2.24, 2.45) is 13.0 Å². The van der Waals surface area contributed by atoms with Crippen LogP contribution in [-0.4, -0.2) is 40.1 Å². The van der Waals surface area contributed by atoms with Crippen molar-refractivity contribution in [2.75, 3.05) is 13.7 Å². The molecular weight excluding hydrogens is 320 g/mol. The number of carbonyl (C=O) groups excluding carboxylic acids is 2. The average Bonchev–Trinajstić information content (AvgIpc) is 3.19. The molecule has 1 aromatic carbocycles. The molecule has 1 aromatic heterocycles. The van der Waals surface area contributed by atoms with E-state index in [-0.39, 0.29) is 24.2 Å². The quantitative estimate of drug-likeness (QED) is 0.853. The van der Waals surface area contributed by atoms with Crippen LogP contribution in [0.3, 0.4) is 0 Å². The second kappa shape index (κ2) is 7.38. The van der Waals surface area contributed by atoms with E-state index in [2.05, 4.69) is 10.4 Å². The van der Waals surface area contributed by atoms with Crippen LogP contribution in [0.2, 0.25) is 0 Å². The molecule has 3 rings (SSSR count). The van der Waals surface area contributed by atoms with Crippen molar-refractivity contribution in [1.82, 2.24) is 20.0 Å². The van der Waals surface area contributed by atoms with Crippen LogP contribution in [0.5, 0.6) is 5.75 Å². The molecule has 1 N–H and O–H groups in total. The van der Waals surface area contributed by atoms with Crippen LogP contribution in [0.25, 0.3) is 0 Å². The Balaban J connectivity index is 1.54. The first-order valence-electron chi connectivity index (χ1n) is 8.22. The van der Waals surface area contributed by atoms with E-state index in [1.807, 2.05) is 37.4 Å². The summed E-state index contributed by atoms with van der Waals surface area (Å²) in [7, 11) is 3.45. The fourth-order valence-electron chi connectivity index (χ4n) is 2.95. The fraction of sp³-hybridized carbons (Fsp3) is 0.389. The van der Waals surface area contributed by atoms with Gasteiger partial charge >= 0.3 is 0 Å². The predicted octanol–water partition coefficient (Wildman–Crippen LogP) is 1.09. The number of ether oxygens (including phenoxy) is 1. The Morgan fingerprint density at radius 3 is 2.72 bits per heavy atom. The van der Waals surface area contributed by atoms with Crippen molar-refractivity contribution in [1.29, 1.82) is 0 Å². The van der Waals surface area contributed by atoms with Crippen LogP contribution >= 0.6 is 0 Å². The standard InChI is InChI=1S/C18H22N4O3/c1-21-15(7-8-20-21)10-19-18(24)14-9-17(23)22(12-14)11-13-3-5-16(25-2)6-4-13/h3-8,14H,9-12H2,1-2H3,(H,19,24)/t14-/m0/s1. The number of methoxy groups -OCH3 is 1. The van der Waals surface area contributed by atoms with Gasteiger partial charge in [-0.15, -0.1) is 0 Å². The summed E-state index contributed by atoms with van der Waals surface area (Å²) in [4.78, 5) is 26.3. The van der Waals surface area contributed by atoms with Gasteiger partial charge in [0.15, 0.2) is 0 Å². The zero-order chi connectivity index (χ0) is 17.8. The van der Waals surface area contributed by atoms with Crippen LogP contribution < -0.4 is 10.1 Å². The lowest BCUT2D eigenvalue weighted by Gasteiger charge is -2.17. The molecular formula is C18H22N4O3. The molecule has 0 bridgehead atoms. The molecule has 1 atom stereocenters. The Morgan fingerprint density at radius 2 is 2.08 bits per heavy atom. The maximum Gasteiger partial charge on any atom is 0.225 e. The lowest BCUT2D eigenvalue weighted by Crippen LogP contribution is -2.33. The third-order valence-corrected chi connectivity index (χ3v) is 4.48. The third-order valence-electron chi connectivity index (χ3n) is 4.48. The van der Waals surface area contributed by atoms with E-state index in [0.29, 0.717) is 19.6 Å². The van der Waals surface area contributed by atoms with Crippen LogP contribution in [0.15, 0.2) is 36.5 Å². The van der Waals surface area contributed by atoms with Gasteiger partial charge < -0.3 is 15.0 Å². The molecule has 132 valence electrons. The highest BCUT2D eigenvalue weighted by Gasteiger charge is 2.34. The summed E-state index contributed by atoms with van der Waals surface area (Å²) in [5.74, 6) is 0.395. The first-order chi connectivity index (χ1) is 12.1. The van der Waals surface area contributed by atoms with E-state index < -0.39 is 0 Å². The molecule has 2 aromatic rings. The molecule has 1 aliphatic rings. The van der Waals surface area contributed by atoms with Crippen molar-refractivity contribution in [2.45, 2.75) is 19.5 Å². The highest BCUT2D eigenvalue weighted by Crippen LogP contribution is 2.21. The fourth-order valence-corrected chi connectivity index (χ4v) is 2.95. The summed E-state index contributed by atoms with van der Waals surface area (Å²) in [6.45, 7) is 1.37. The number of aromatic nitrogens is 2. The summed E-state index contributed by atoms with van der Waals surface area (Å²) in [5, 5.41) is 6.96. The minimum absolute atomic E-state index is 0.0106. The van der Waals surface area contributed by atoms with Gasteiger partial charge in [0.2, 0.25) is 11.8 Å². The highest BCUT2D eigenvalue weighted by molar-refractivity contribution is 5.89.